The third kappa shape index (κ3) is 4.48. The van der Waals surface area contributed by atoms with Crippen molar-refractivity contribution in [1.29, 1.82) is 0 Å². The Morgan fingerprint density at radius 3 is 2.56 bits per heavy atom. The number of hydrogen-bond acceptors (Lipinski definition) is 4. The molecule has 0 saturated heterocycles. The summed E-state index contributed by atoms with van der Waals surface area (Å²) in [6, 6.07) is 6.11. The van der Waals surface area contributed by atoms with E-state index in [1.165, 1.54) is 23.0 Å². The van der Waals surface area contributed by atoms with Gasteiger partial charge in [-0.3, -0.25) is 4.79 Å². The maximum absolute atomic E-state index is 12.5. The fraction of sp³-hybridized carbons (Fsp3) is 0.680. The van der Waals surface area contributed by atoms with Crippen molar-refractivity contribution >= 4 is 35.3 Å². The lowest BCUT2D eigenvalue weighted by atomic mass is 9.55. The predicted octanol–water partition coefficient (Wildman–Crippen LogP) is 5.75. The van der Waals surface area contributed by atoms with Crippen LogP contribution in [-0.2, 0) is 16.0 Å². The number of rotatable bonds is 6. The molecule has 2 saturated carbocycles. The number of fused-ring (bicyclic) bond motifs is 5. The zero-order valence-corrected chi connectivity index (χ0v) is 20.5. The van der Waals surface area contributed by atoms with Crippen LogP contribution >= 0.6 is 23.2 Å². The number of nitrogens with zero attached hydrogens (tertiary/aromatic N) is 1. The second kappa shape index (κ2) is 9.80. The van der Waals surface area contributed by atoms with Gasteiger partial charge in [-0.25, -0.2) is 4.79 Å². The van der Waals surface area contributed by atoms with Crippen LogP contribution in [0.4, 0.5) is 4.79 Å². The molecule has 5 nitrogen and oxygen atoms in total. The number of carbonyl (C=O) groups is 2. The van der Waals surface area contributed by atoms with Crippen LogP contribution in [0.1, 0.15) is 63.0 Å². The lowest BCUT2D eigenvalue weighted by molar-refractivity contribution is -0.154. The van der Waals surface area contributed by atoms with Crippen molar-refractivity contribution in [2.45, 2.75) is 64.4 Å². The van der Waals surface area contributed by atoms with Gasteiger partial charge in [0.2, 0.25) is 0 Å². The highest BCUT2D eigenvalue weighted by Crippen LogP contribution is 2.61. The zero-order chi connectivity index (χ0) is 22.9. The maximum Gasteiger partial charge on any atom is 0.415 e. The van der Waals surface area contributed by atoms with Gasteiger partial charge in [-0.2, -0.15) is 0 Å². The second-order valence-electron chi connectivity index (χ2n) is 9.73. The molecular weight excluding hydrogens is 449 g/mol. The third-order valence-electron chi connectivity index (χ3n) is 8.09. The van der Waals surface area contributed by atoms with Gasteiger partial charge in [0.15, 0.2) is 0 Å². The molecule has 5 atom stereocenters. The van der Waals surface area contributed by atoms with E-state index in [-0.39, 0.29) is 17.5 Å². The fourth-order valence-electron chi connectivity index (χ4n) is 6.63. The summed E-state index contributed by atoms with van der Waals surface area (Å²) < 4.78 is 11.4. The molecule has 0 heterocycles. The summed E-state index contributed by atoms with van der Waals surface area (Å²) in [7, 11) is 0. The van der Waals surface area contributed by atoms with Crippen LogP contribution in [0.25, 0.3) is 0 Å². The van der Waals surface area contributed by atoms with Gasteiger partial charge in [-0.1, -0.05) is 13.0 Å². The first kappa shape index (κ1) is 23.7. The van der Waals surface area contributed by atoms with Crippen molar-refractivity contribution < 1.29 is 19.1 Å². The molecule has 0 N–H and O–H groups in total. The van der Waals surface area contributed by atoms with E-state index in [0.717, 1.165) is 38.5 Å². The van der Waals surface area contributed by atoms with E-state index in [2.05, 4.69) is 13.0 Å². The molecule has 1 aromatic rings. The lowest BCUT2D eigenvalue weighted by Crippen LogP contribution is -2.45. The summed E-state index contributed by atoms with van der Waals surface area (Å²) >= 11 is 11.6. The van der Waals surface area contributed by atoms with Crippen molar-refractivity contribution in [2.75, 3.05) is 24.8 Å². The highest BCUT2D eigenvalue weighted by molar-refractivity contribution is 6.18. The molecule has 0 radical (unpaired) electrons. The highest BCUT2D eigenvalue weighted by Gasteiger charge is 2.56. The number of ether oxygens (including phenoxy) is 2. The Hall–Kier alpha value is -1.46. The molecule has 0 spiro atoms. The monoisotopic (exact) mass is 481 g/mol. The number of hydrogen-bond donors (Lipinski definition) is 0. The molecule has 0 unspecified atom stereocenters. The topological polar surface area (TPSA) is 55.8 Å². The van der Waals surface area contributed by atoms with Gasteiger partial charge in [0.05, 0.1) is 0 Å². The molecule has 7 heteroatoms. The molecule has 0 aliphatic heterocycles. The average Bonchev–Trinajstić information content (AvgIpc) is 3.09. The molecular formula is C25H33Cl2NO4. The van der Waals surface area contributed by atoms with Crippen LogP contribution < -0.4 is 4.74 Å². The van der Waals surface area contributed by atoms with Gasteiger partial charge in [-0.15, -0.1) is 23.2 Å². The van der Waals surface area contributed by atoms with E-state index in [1.54, 1.807) is 0 Å². The summed E-state index contributed by atoms with van der Waals surface area (Å²) in [4.78, 5) is 25.7. The van der Waals surface area contributed by atoms with E-state index < -0.39 is 6.09 Å². The van der Waals surface area contributed by atoms with Crippen LogP contribution in [-0.4, -0.2) is 47.9 Å². The normalized spacial score (nSPS) is 30.6. The van der Waals surface area contributed by atoms with Gasteiger partial charge in [0.1, 0.15) is 11.9 Å². The number of benzene rings is 1. The molecule has 3 aliphatic rings. The third-order valence-corrected chi connectivity index (χ3v) is 8.43. The summed E-state index contributed by atoms with van der Waals surface area (Å²) in [5.74, 6) is 2.86. The zero-order valence-electron chi connectivity index (χ0n) is 18.9. The fourth-order valence-corrected chi connectivity index (χ4v) is 7.04. The van der Waals surface area contributed by atoms with Gasteiger partial charge in [-0.05, 0) is 79.5 Å². The van der Waals surface area contributed by atoms with Crippen LogP contribution in [0.15, 0.2) is 18.2 Å². The van der Waals surface area contributed by atoms with Crippen LogP contribution in [0.3, 0.4) is 0 Å². The minimum atomic E-state index is -0.407. The van der Waals surface area contributed by atoms with E-state index in [1.807, 2.05) is 12.1 Å². The standard InChI is InChI=1S/C25H33Cl2NO4/c1-16(29)31-23-8-7-22-21-5-3-17-15-18(32-24(30)28(13-11-26)14-12-27)4-6-19(17)20(21)9-10-25(22,23)2/h4,6,15,20-23H,3,5,7-14H2,1-2H3/t20-,21-,22+,23+,25+/m1/s1. The van der Waals surface area contributed by atoms with Crippen LogP contribution in [0, 0.1) is 17.3 Å². The largest absolute Gasteiger partial charge is 0.462 e. The first-order valence-corrected chi connectivity index (χ1v) is 12.8. The highest BCUT2D eigenvalue weighted by atomic mass is 35.5. The Labute approximate surface area is 200 Å². The average molecular weight is 482 g/mol. The first-order valence-electron chi connectivity index (χ1n) is 11.8. The van der Waals surface area contributed by atoms with E-state index in [4.69, 9.17) is 32.7 Å². The van der Waals surface area contributed by atoms with Crippen LogP contribution in [0.2, 0.25) is 0 Å². The number of amides is 1. The molecule has 0 bridgehead atoms. The van der Waals surface area contributed by atoms with Gasteiger partial charge in [0, 0.05) is 37.2 Å². The van der Waals surface area contributed by atoms with E-state index in [0.29, 0.717) is 48.4 Å². The number of esters is 1. The molecule has 176 valence electrons. The Morgan fingerprint density at radius 1 is 1.12 bits per heavy atom. The predicted molar refractivity (Wildman–Crippen MR) is 126 cm³/mol. The SMILES string of the molecule is CC(=O)O[C@H]1CC[C@H]2[C@@H]3CCc4cc(OC(=O)N(CCCl)CCCl)ccc4[C@H]3CC[C@]12C. The molecule has 0 aromatic heterocycles. The Bertz CT molecular complexity index is 856. The first-order chi connectivity index (χ1) is 15.4. The Morgan fingerprint density at radius 2 is 1.88 bits per heavy atom. The van der Waals surface area contributed by atoms with Crippen molar-refractivity contribution in [2.24, 2.45) is 17.3 Å². The maximum atomic E-state index is 12.5. The number of alkyl halides is 2. The van der Waals surface area contributed by atoms with Gasteiger partial charge < -0.3 is 14.4 Å². The minimum absolute atomic E-state index is 0.0538. The lowest BCUT2D eigenvalue weighted by Gasteiger charge is -2.50. The number of halogens is 2. The summed E-state index contributed by atoms with van der Waals surface area (Å²) in [6.07, 6.45) is 6.07. The van der Waals surface area contributed by atoms with Crippen LogP contribution in [0.5, 0.6) is 5.75 Å². The second-order valence-corrected chi connectivity index (χ2v) is 10.5. The Kier molecular flexibility index (Phi) is 7.26. The van der Waals surface area contributed by atoms with Crippen molar-refractivity contribution in [1.82, 2.24) is 4.90 Å². The summed E-state index contributed by atoms with van der Waals surface area (Å²) in [5, 5.41) is 0. The van der Waals surface area contributed by atoms with Crippen molar-refractivity contribution in [3.63, 3.8) is 0 Å². The van der Waals surface area contributed by atoms with Crippen molar-refractivity contribution in [3.8, 4) is 5.75 Å². The Balaban J connectivity index is 1.48. The number of carbonyl (C=O) groups excluding carboxylic acids is 2. The molecule has 4 rings (SSSR count). The molecule has 3 aliphatic carbocycles. The van der Waals surface area contributed by atoms with E-state index in [9.17, 15) is 9.59 Å². The van der Waals surface area contributed by atoms with E-state index >= 15 is 0 Å². The molecule has 1 amide bonds. The van der Waals surface area contributed by atoms with Crippen molar-refractivity contribution in [3.05, 3.63) is 29.3 Å². The summed E-state index contributed by atoms with van der Waals surface area (Å²) in [6.45, 7) is 4.68. The quantitative estimate of drug-likeness (QED) is 0.383. The van der Waals surface area contributed by atoms with Gasteiger partial charge >= 0.3 is 12.1 Å². The number of aryl methyl sites for hydroxylation is 1. The smallest absolute Gasteiger partial charge is 0.415 e. The molecule has 32 heavy (non-hydrogen) atoms. The summed E-state index contributed by atoms with van der Waals surface area (Å²) in [5.41, 5.74) is 2.78. The molecule has 2 fully saturated rings. The van der Waals surface area contributed by atoms with Gasteiger partial charge in [0.25, 0.3) is 0 Å². The minimum Gasteiger partial charge on any atom is -0.462 e. The molecule has 1 aromatic carbocycles.